The van der Waals surface area contributed by atoms with Crippen LogP contribution in [0.3, 0.4) is 0 Å². The van der Waals surface area contributed by atoms with Crippen molar-refractivity contribution in [2.24, 2.45) is 5.92 Å². The standard InChI is InChI=1S/C24H27N3O5S2/c1-17-4-10-21(11-5-17)33(29,30)25-14-20-9-8-19(3)27-23(28)26(16-24(20,27)15-25)34(31,32)22-12-6-18(2)7-13-22/h4-13,19-20H,14-16H2,1-3H3/t19-,20-,24+/m1/s1. The van der Waals surface area contributed by atoms with Crippen molar-refractivity contribution >= 4 is 26.1 Å². The number of carbonyl (C=O) groups is 1. The molecule has 10 heteroatoms. The molecular weight excluding hydrogens is 474 g/mol. The Bertz CT molecular complexity index is 1390. The lowest BCUT2D eigenvalue weighted by Crippen LogP contribution is -2.58. The highest BCUT2D eigenvalue weighted by atomic mass is 32.2. The number of hydrogen-bond acceptors (Lipinski definition) is 5. The second-order valence-electron chi connectivity index (χ2n) is 9.42. The van der Waals surface area contributed by atoms with Gasteiger partial charge in [-0.25, -0.2) is 25.9 Å². The van der Waals surface area contributed by atoms with Crippen LogP contribution in [0.2, 0.25) is 0 Å². The topological polar surface area (TPSA) is 95.1 Å². The van der Waals surface area contributed by atoms with Crippen molar-refractivity contribution in [1.29, 1.82) is 0 Å². The molecule has 180 valence electrons. The maximum Gasteiger partial charge on any atom is 0.335 e. The Labute approximate surface area is 200 Å². The molecule has 3 atom stereocenters. The average Bonchev–Trinajstić information content (AvgIpc) is 3.32. The lowest BCUT2D eigenvalue weighted by Gasteiger charge is -2.42. The van der Waals surface area contributed by atoms with Gasteiger partial charge in [0.05, 0.1) is 21.9 Å². The second-order valence-corrected chi connectivity index (χ2v) is 13.2. The minimum absolute atomic E-state index is 0.0359. The normalized spacial score (nSPS) is 27.2. The number of nitrogens with zero attached hydrogens (tertiary/aromatic N) is 3. The molecule has 2 fully saturated rings. The average molecular weight is 502 g/mol. The number of benzene rings is 2. The summed E-state index contributed by atoms with van der Waals surface area (Å²) in [5.74, 6) is -0.314. The highest BCUT2D eigenvalue weighted by molar-refractivity contribution is 7.89. The first kappa shape index (κ1) is 23.1. The summed E-state index contributed by atoms with van der Waals surface area (Å²) in [6.07, 6.45) is 3.78. The Morgan fingerprint density at radius 3 is 1.88 bits per heavy atom. The van der Waals surface area contributed by atoms with Crippen molar-refractivity contribution in [3.8, 4) is 0 Å². The Hall–Kier alpha value is -2.69. The van der Waals surface area contributed by atoms with E-state index in [0.717, 1.165) is 15.4 Å². The van der Waals surface area contributed by atoms with Crippen LogP contribution in [-0.4, -0.2) is 67.6 Å². The minimum Gasteiger partial charge on any atom is -0.308 e. The smallest absolute Gasteiger partial charge is 0.308 e. The number of amides is 2. The van der Waals surface area contributed by atoms with E-state index in [-0.39, 0.29) is 41.4 Å². The highest BCUT2D eigenvalue weighted by Crippen LogP contribution is 2.46. The molecule has 0 bridgehead atoms. The molecule has 3 heterocycles. The van der Waals surface area contributed by atoms with Gasteiger partial charge < -0.3 is 4.90 Å². The minimum atomic E-state index is -4.09. The molecule has 3 aliphatic rings. The first-order valence-corrected chi connectivity index (χ1v) is 14.0. The summed E-state index contributed by atoms with van der Waals surface area (Å²) in [4.78, 5) is 15.3. The zero-order chi connectivity index (χ0) is 24.5. The summed E-state index contributed by atoms with van der Waals surface area (Å²) in [5, 5.41) is 0. The Balaban J connectivity index is 1.53. The predicted octanol–water partition coefficient (Wildman–Crippen LogP) is 2.75. The van der Waals surface area contributed by atoms with Crippen LogP contribution in [0.25, 0.3) is 0 Å². The van der Waals surface area contributed by atoms with E-state index >= 15 is 0 Å². The molecule has 2 aromatic rings. The predicted molar refractivity (Wildman–Crippen MR) is 127 cm³/mol. The van der Waals surface area contributed by atoms with Crippen molar-refractivity contribution in [3.05, 3.63) is 71.8 Å². The maximum atomic E-state index is 13.5. The molecule has 0 unspecified atom stereocenters. The van der Waals surface area contributed by atoms with E-state index in [1.54, 1.807) is 41.3 Å². The van der Waals surface area contributed by atoms with E-state index in [1.165, 1.54) is 16.4 Å². The number of urea groups is 1. The van der Waals surface area contributed by atoms with Crippen LogP contribution in [0.5, 0.6) is 0 Å². The van der Waals surface area contributed by atoms with Crippen molar-refractivity contribution in [2.75, 3.05) is 19.6 Å². The molecule has 2 aromatic carbocycles. The van der Waals surface area contributed by atoms with Gasteiger partial charge in [0.2, 0.25) is 10.0 Å². The number of aryl methyl sites for hydroxylation is 2. The van der Waals surface area contributed by atoms with E-state index < -0.39 is 31.6 Å². The van der Waals surface area contributed by atoms with Gasteiger partial charge in [-0.1, -0.05) is 47.5 Å². The van der Waals surface area contributed by atoms with Gasteiger partial charge in [0.25, 0.3) is 10.0 Å². The molecule has 1 spiro atoms. The van der Waals surface area contributed by atoms with Crippen LogP contribution >= 0.6 is 0 Å². The van der Waals surface area contributed by atoms with Crippen LogP contribution in [0.15, 0.2) is 70.5 Å². The summed E-state index contributed by atoms with van der Waals surface area (Å²) < 4.78 is 56.1. The molecule has 3 aliphatic heterocycles. The molecule has 0 N–H and O–H groups in total. The van der Waals surface area contributed by atoms with Gasteiger partial charge in [0.15, 0.2) is 0 Å². The third-order valence-electron chi connectivity index (χ3n) is 7.15. The fourth-order valence-electron chi connectivity index (χ4n) is 5.27. The monoisotopic (exact) mass is 501 g/mol. The molecule has 0 radical (unpaired) electrons. The summed E-state index contributed by atoms with van der Waals surface area (Å²) >= 11 is 0. The van der Waals surface area contributed by atoms with Crippen LogP contribution in [0, 0.1) is 19.8 Å². The quantitative estimate of drug-likeness (QED) is 0.601. The molecular formula is C24H27N3O5S2. The zero-order valence-electron chi connectivity index (χ0n) is 19.2. The summed E-state index contributed by atoms with van der Waals surface area (Å²) in [5.41, 5.74) is 0.906. The van der Waals surface area contributed by atoms with Gasteiger partial charge in [0, 0.05) is 25.0 Å². The fraction of sp³-hybridized carbons (Fsp3) is 0.375. The Morgan fingerprint density at radius 2 is 1.32 bits per heavy atom. The van der Waals surface area contributed by atoms with Gasteiger partial charge in [-0.3, -0.25) is 0 Å². The summed E-state index contributed by atoms with van der Waals surface area (Å²) in [6, 6.07) is 12.1. The van der Waals surface area contributed by atoms with Gasteiger partial charge >= 0.3 is 6.03 Å². The molecule has 8 nitrogen and oxygen atoms in total. The molecule has 5 rings (SSSR count). The van der Waals surface area contributed by atoms with E-state index in [0.29, 0.717) is 0 Å². The first-order chi connectivity index (χ1) is 16.0. The Morgan fingerprint density at radius 1 is 0.794 bits per heavy atom. The van der Waals surface area contributed by atoms with Gasteiger partial charge in [-0.2, -0.15) is 4.31 Å². The maximum absolute atomic E-state index is 13.5. The summed E-state index contributed by atoms with van der Waals surface area (Å²) in [7, 11) is -7.90. The first-order valence-electron chi connectivity index (χ1n) is 11.1. The van der Waals surface area contributed by atoms with E-state index in [4.69, 9.17) is 0 Å². The van der Waals surface area contributed by atoms with Crippen LogP contribution in [0.1, 0.15) is 18.1 Å². The molecule has 2 saturated heterocycles. The lowest BCUT2D eigenvalue weighted by atomic mass is 9.82. The molecule has 34 heavy (non-hydrogen) atoms. The van der Waals surface area contributed by atoms with Crippen LogP contribution in [-0.2, 0) is 20.0 Å². The van der Waals surface area contributed by atoms with E-state index in [2.05, 4.69) is 0 Å². The van der Waals surface area contributed by atoms with Crippen molar-refractivity contribution in [1.82, 2.24) is 13.5 Å². The van der Waals surface area contributed by atoms with Crippen molar-refractivity contribution in [2.45, 2.75) is 42.1 Å². The SMILES string of the molecule is Cc1ccc(S(=O)(=O)N2C[C@H]3C=C[C@@H](C)N4C(=O)N(S(=O)(=O)c5ccc(C)cc5)C[C@@]34C2)cc1. The molecule has 0 saturated carbocycles. The van der Waals surface area contributed by atoms with Crippen LogP contribution in [0.4, 0.5) is 4.79 Å². The van der Waals surface area contributed by atoms with E-state index in [9.17, 15) is 21.6 Å². The number of hydrogen-bond donors (Lipinski definition) is 0. The largest absolute Gasteiger partial charge is 0.335 e. The second kappa shape index (κ2) is 7.66. The Kier molecular flexibility index (Phi) is 5.20. The van der Waals surface area contributed by atoms with Gasteiger partial charge in [-0.05, 0) is 45.0 Å². The third kappa shape index (κ3) is 3.30. The third-order valence-corrected chi connectivity index (χ3v) is 10.7. The number of sulfonamides is 2. The lowest BCUT2D eigenvalue weighted by molar-refractivity contribution is 0.120. The molecule has 0 aromatic heterocycles. The zero-order valence-corrected chi connectivity index (χ0v) is 20.9. The van der Waals surface area contributed by atoms with Crippen molar-refractivity contribution in [3.63, 3.8) is 0 Å². The van der Waals surface area contributed by atoms with Gasteiger partial charge in [0.1, 0.15) is 0 Å². The fourth-order valence-corrected chi connectivity index (χ4v) is 8.22. The van der Waals surface area contributed by atoms with E-state index in [1.807, 2.05) is 32.9 Å². The molecule has 0 aliphatic carbocycles. The highest BCUT2D eigenvalue weighted by Gasteiger charge is 2.63. The van der Waals surface area contributed by atoms with Crippen molar-refractivity contribution < 1.29 is 21.6 Å². The summed E-state index contributed by atoms with van der Waals surface area (Å²) in [6.45, 7) is 5.69. The van der Waals surface area contributed by atoms with Crippen LogP contribution < -0.4 is 0 Å². The number of carbonyl (C=O) groups excluding carboxylic acids is 1. The number of rotatable bonds is 4. The van der Waals surface area contributed by atoms with Gasteiger partial charge in [-0.15, -0.1) is 0 Å². The molecule has 2 amide bonds.